The molecule has 0 spiro atoms. The zero-order valence-corrected chi connectivity index (χ0v) is 10.2. The van der Waals surface area contributed by atoms with Gasteiger partial charge in [0, 0.05) is 18.0 Å². The predicted octanol–water partition coefficient (Wildman–Crippen LogP) is 3.93. The Morgan fingerprint density at radius 1 is 1.18 bits per heavy atom. The number of rotatable bonds is 2. The SMILES string of the molecule is C[CH]c1cnccc1-c1nc2ccccc2s1. The lowest BCUT2D eigenvalue weighted by Crippen LogP contribution is -1.86. The minimum Gasteiger partial charge on any atom is -0.264 e. The van der Waals surface area contributed by atoms with E-state index in [9.17, 15) is 0 Å². The van der Waals surface area contributed by atoms with Gasteiger partial charge in [-0.15, -0.1) is 11.3 Å². The number of nitrogens with zero attached hydrogens (tertiary/aromatic N) is 2. The molecule has 0 aliphatic rings. The van der Waals surface area contributed by atoms with Crippen LogP contribution in [0.3, 0.4) is 0 Å². The minimum absolute atomic E-state index is 1.06. The molecule has 3 heteroatoms. The van der Waals surface area contributed by atoms with E-state index in [1.165, 1.54) is 4.70 Å². The molecular weight excluding hydrogens is 228 g/mol. The first-order valence-corrected chi connectivity index (χ1v) is 6.29. The van der Waals surface area contributed by atoms with Crippen LogP contribution in [0.1, 0.15) is 12.5 Å². The van der Waals surface area contributed by atoms with Crippen molar-refractivity contribution in [3.63, 3.8) is 0 Å². The summed E-state index contributed by atoms with van der Waals surface area (Å²) in [5, 5.41) is 1.06. The number of para-hydroxylation sites is 1. The van der Waals surface area contributed by atoms with Crippen molar-refractivity contribution in [2.45, 2.75) is 6.92 Å². The number of pyridine rings is 1. The molecule has 0 amide bonds. The molecule has 0 aliphatic carbocycles. The predicted molar refractivity (Wildman–Crippen MR) is 71.9 cm³/mol. The summed E-state index contributed by atoms with van der Waals surface area (Å²) in [4.78, 5) is 8.80. The molecule has 1 radical (unpaired) electrons. The van der Waals surface area contributed by atoms with Gasteiger partial charge in [0.05, 0.1) is 10.2 Å². The fourth-order valence-corrected chi connectivity index (χ4v) is 2.83. The maximum Gasteiger partial charge on any atom is 0.125 e. The highest BCUT2D eigenvalue weighted by atomic mass is 32.1. The van der Waals surface area contributed by atoms with Crippen molar-refractivity contribution in [2.24, 2.45) is 0 Å². The molecular formula is C14H11N2S. The van der Waals surface area contributed by atoms with Crippen LogP contribution in [0.25, 0.3) is 20.8 Å². The minimum atomic E-state index is 1.06. The highest BCUT2D eigenvalue weighted by molar-refractivity contribution is 7.21. The van der Waals surface area contributed by atoms with Gasteiger partial charge in [0.2, 0.25) is 0 Å². The molecule has 83 valence electrons. The summed E-state index contributed by atoms with van der Waals surface area (Å²) >= 11 is 1.72. The zero-order chi connectivity index (χ0) is 11.7. The van der Waals surface area contributed by atoms with Crippen LogP contribution in [0, 0.1) is 6.42 Å². The molecule has 0 atom stereocenters. The van der Waals surface area contributed by atoms with Crippen molar-refractivity contribution < 1.29 is 0 Å². The molecule has 2 nitrogen and oxygen atoms in total. The van der Waals surface area contributed by atoms with E-state index in [4.69, 9.17) is 0 Å². The Hall–Kier alpha value is -1.74. The van der Waals surface area contributed by atoms with Crippen LogP contribution in [0.2, 0.25) is 0 Å². The number of aromatic nitrogens is 2. The fraction of sp³-hybridized carbons (Fsp3) is 0.0714. The van der Waals surface area contributed by atoms with Crippen molar-refractivity contribution in [3.05, 3.63) is 54.7 Å². The van der Waals surface area contributed by atoms with Gasteiger partial charge in [-0.05, 0) is 30.2 Å². The van der Waals surface area contributed by atoms with Gasteiger partial charge >= 0.3 is 0 Å². The molecule has 3 aromatic rings. The third-order valence-electron chi connectivity index (χ3n) is 2.69. The lowest BCUT2D eigenvalue weighted by atomic mass is 10.1. The van der Waals surface area contributed by atoms with Crippen LogP contribution in [-0.4, -0.2) is 9.97 Å². The van der Waals surface area contributed by atoms with Gasteiger partial charge in [-0.3, -0.25) is 4.98 Å². The summed E-state index contributed by atoms with van der Waals surface area (Å²) in [6, 6.07) is 10.2. The van der Waals surface area contributed by atoms with E-state index in [1.807, 2.05) is 43.6 Å². The van der Waals surface area contributed by atoms with Crippen molar-refractivity contribution in [1.29, 1.82) is 0 Å². The average Bonchev–Trinajstić information content (AvgIpc) is 2.82. The topological polar surface area (TPSA) is 25.8 Å². The van der Waals surface area contributed by atoms with Crippen molar-refractivity contribution in [2.75, 3.05) is 0 Å². The van der Waals surface area contributed by atoms with Gasteiger partial charge in [0.1, 0.15) is 5.01 Å². The Kier molecular flexibility index (Phi) is 2.61. The van der Waals surface area contributed by atoms with E-state index in [2.05, 4.69) is 22.5 Å². The average molecular weight is 239 g/mol. The van der Waals surface area contributed by atoms with Crippen LogP contribution in [0.4, 0.5) is 0 Å². The Morgan fingerprint density at radius 2 is 2.06 bits per heavy atom. The lowest BCUT2D eigenvalue weighted by Gasteiger charge is -2.01. The van der Waals surface area contributed by atoms with E-state index in [-0.39, 0.29) is 0 Å². The second kappa shape index (κ2) is 4.26. The second-order valence-electron chi connectivity index (χ2n) is 3.74. The van der Waals surface area contributed by atoms with E-state index < -0.39 is 0 Å². The molecule has 0 fully saturated rings. The molecule has 3 rings (SSSR count). The van der Waals surface area contributed by atoms with Gasteiger partial charge in [-0.1, -0.05) is 19.1 Å². The number of thiazole rings is 1. The van der Waals surface area contributed by atoms with Crippen LogP contribution in [0.15, 0.2) is 42.7 Å². The summed E-state index contributed by atoms with van der Waals surface area (Å²) in [6.07, 6.45) is 5.75. The van der Waals surface area contributed by atoms with E-state index >= 15 is 0 Å². The van der Waals surface area contributed by atoms with E-state index in [1.54, 1.807) is 11.3 Å². The first kappa shape index (κ1) is 10.4. The summed E-state index contributed by atoms with van der Waals surface area (Å²) in [7, 11) is 0. The lowest BCUT2D eigenvalue weighted by molar-refractivity contribution is 1.26. The van der Waals surface area contributed by atoms with Gasteiger partial charge in [-0.2, -0.15) is 0 Å². The molecule has 1 aromatic carbocycles. The van der Waals surface area contributed by atoms with Gasteiger partial charge in [0.15, 0.2) is 0 Å². The molecule has 0 saturated heterocycles. The van der Waals surface area contributed by atoms with Gasteiger partial charge in [-0.25, -0.2) is 4.98 Å². The number of hydrogen-bond donors (Lipinski definition) is 0. The molecule has 0 bridgehead atoms. The maximum absolute atomic E-state index is 4.66. The summed E-state index contributed by atoms with van der Waals surface area (Å²) in [5.74, 6) is 0. The highest BCUT2D eigenvalue weighted by Gasteiger charge is 2.09. The van der Waals surface area contributed by atoms with Crippen molar-refractivity contribution in [1.82, 2.24) is 9.97 Å². The third kappa shape index (κ3) is 1.83. The molecule has 0 saturated carbocycles. The molecule has 2 heterocycles. The molecule has 0 unspecified atom stereocenters. The standard InChI is InChI=1S/C14H11N2S/c1-2-10-9-15-8-7-11(10)14-16-12-5-3-4-6-13(12)17-14/h2-9H,1H3. The molecule has 0 aliphatic heterocycles. The van der Waals surface area contributed by atoms with Crippen LogP contribution < -0.4 is 0 Å². The van der Waals surface area contributed by atoms with Crippen LogP contribution >= 0.6 is 11.3 Å². The monoisotopic (exact) mass is 239 g/mol. The third-order valence-corrected chi connectivity index (χ3v) is 3.76. The van der Waals surface area contributed by atoms with Gasteiger partial charge < -0.3 is 0 Å². The van der Waals surface area contributed by atoms with Crippen molar-refractivity contribution in [3.8, 4) is 10.6 Å². The first-order valence-electron chi connectivity index (χ1n) is 5.48. The van der Waals surface area contributed by atoms with E-state index in [0.29, 0.717) is 0 Å². The Labute approximate surface area is 104 Å². The van der Waals surface area contributed by atoms with Gasteiger partial charge in [0.25, 0.3) is 0 Å². The summed E-state index contributed by atoms with van der Waals surface area (Å²) in [6.45, 7) is 2.02. The highest BCUT2D eigenvalue weighted by Crippen LogP contribution is 2.31. The first-order chi connectivity index (χ1) is 8.38. The summed E-state index contributed by atoms with van der Waals surface area (Å²) in [5.41, 5.74) is 3.35. The maximum atomic E-state index is 4.66. The van der Waals surface area contributed by atoms with Crippen LogP contribution in [0.5, 0.6) is 0 Å². The quantitative estimate of drug-likeness (QED) is 0.677. The Morgan fingerprint density at radius 3 is 2.88 bits per heavy atom. The van der Waals surface area contributed by atoms with Crippen molar-refractivity contribution >= 4 is 21.6 Å². The number of fused-ring (bicyclic) bond motifs is 1. The molecule has 0 N–H and O–H groups in total. The molecule has 17 heavy (non-hydrogen) atoms. The largest absolute Gasteiger partial charge is 0.264 e. The van der Waals surface area contributed by atoms with Crippen LogP contribution in [-0.2, 0) is 0 Å². The van der Waals surface area contributed by atoms with E-state index in [0.717, 1.165) is 21.7 Å². The zero-order valence-electron chi connectivity index (χ0n) is 9.42. The fourth-order valence-electron chi connectivity index (χ4n) is 1.82. The molecule has 2 aromatic heterocycles. The number of benzene rings is 1. The Bertz CT molecular complexity index is 625. The second-order valence-corrected chi connectivity index (χ2v) is 4.77. The number of hydrogen-bond acceptors (Lipinski definition) is 3. The Balaban J connectivity index is 2.20. The smallest absolute Gasteiger partial charge is 0.125 e. The summed E-state index contributed by atoms with van der Waals surface area (Å²) < 4.78 is 1.22. The normalized spacial score (nSPS) is 10.9.